The van der Waals surface area contributed by atoms with E-state index in [0.717, 1.165) is 12.1 Å². The van der Waals surface area contributed by atoms with E-state index in [-0.39, 0.29) is 18.4 Å². The Hall–Kier alpha value is -1.86. The fraction of sp³-hybridized carbons (Fsp3) is 0.545. The minimum absolute atomic E-state index is 0.116. The van der Waals surface area contributed by atoms with E-state index in [1.54, 1.807) is 6.92 Å². The third-order valence-electron chi connectivity index (χ3n) is 2.66. The van der Waals surface area contributed by atoms with Crippen molar-refractivity contribution in [2.75, 3.05) is 11.4 Å². The van der Waals surface area contributed by atoms with E-state index in [9.17, 15) is 18.0 Å². The number of alkyl halides is 3. The van der Waals surface area contributed by atoms with Crippen molar-refractivity contribution >= 4 is 11.8 Å². The molecule has 0 spiro atoms. The normalized spacial score (nSPS) is 13.1. The van der Waals surface area contributed by atoms with Crippen LogP contribution in [0.3, 0.4) is 0 Å². The lowest BCUT2D eigenvalue weighted by Crippen LogP contribution is -2.38. The number of anilines is 1. The maximum atomic E-state index is 12.3. The number of aromatic nitrogens is 2. The minimum Gasteiger partial charge on any atom is -0.480 e. The van der Waals surface area contributed by atoms with E-state index in [0.29, 0.717) is 6.42 Å². The second kappa shape index (κ2) is 5.85. The fourth-order valence-electron chi connectivity index (χ4n) is 1.46. The van der Waals surface area contributed by atoms with Crippen LogP contribution in [0.1, 0.15) is 26.0 Å². The van der Waals surface area contributed by atoms with Gasteiger partial charge in [-0.25, -0.2) is 0 Å². The second-order valence-electron chi connectivity index (χ2n) is 4.05. The average molecular weight is 277 g/mol. The zero-order valence-corrected chi connectivity index (χ0v) is 10.5. The van der Waals surface area contributed by atoms with Gasteiger partial charge >= 0.3 is 12.1 Å². The molecule has 1 aromatic heterocycles. The Balaban J connectivity index is 3.00. The van der Waals surface area contributed by atoms with Crippen LogP contribution >= 0.6 is 0 Å². The van der Waals surface area contributed by atoms with Crippen molar-refractivity contribution in [3.8, 4) is 0 Å². The van der Waals surface area contributed by atoms with Crippen molar-refractivity contribution in [1.82, 2.24) is 10.2 Å². The number of carboxylic acid groups (broad SMARTS) is 1. The number of halogens is 3. The summed E-state index contributed by atoms with van der Waals surface area (Å²) in [6, 6.07) is 1.76. The first kappa shape index (κ1) is 15.2. The van der Waals surface area contributed by atoms with Crippen LogP contribution < -0.4 is 4.90 Å². The van der Waals surface area contributed by atoms with E-state index in [4.69, 9.17) is 5.11 Å². The Morgan fingerprint density at radius 3 is 2.42 bits per heavy atom. The third-order valence-corrected chi connectivity index (χ3v) is 2.66. The summed E-state index contributed by atoms with van der Waals surface area (Å²) in [5.74, 6) is -0.966. The van der Waals surface area contributed by atoms with Gasteiger partial charge in [-0.3, -0.25) is 4.79 Å². The van der Waals surface area contributed by atoms with Crippen LogP contribution in [0.15, 0.2) is 12.1 Å². The molecule has 0 saturated heterocycles. The molecule has 0 fully saturated rings. The highest BCUT2D eigenvalue weighted by Gasteiger charge is 2.33. The number of nitrogens with zero attached hydrogens (tertiary/aromatic N) is 3. The van der Waals surface area contributed by atoms with E-state index in [1.807, 2.05) is 6.92 Å². The molecule has 8 heteroatoms. The van der Waals surface area contributed by atoms with Gasteiger partial charge in [-0.2, -0.15) is 13.2 Å². The van der Waals surface area contributed by atoms with Crippen LogP contribution in [0.4, 0.5) is 19.0 Å². The van der Waals surface area contributed by atoms with Crippen LogP contribution in [0.5, 0.6) is 0 Å². The van der Waals surface area contributed by atoms with E-state index < -0.39 is 17.8 Å². The summed E-state index contributed by atoms with van der Waals surface area (Å²) in [7, 11) is 0. The molecular formula is C11H14F3N3O2. The summed E-state index contributed by atoms with van der Waals surface area (Å²) in [6.07, 6.45) is -3.92. The minimum atomic E-state index is -4.56. The fourth-order valence-corrected chi connectivity index (χ4v) is 1.46. The summed E-state index contributed by atoms with van der Waals surface area (Å²) >= 11 is 0. The molecule has 0 aliphatic carbocycles. The molecule has 5 nitrogen and oxygen atoms in total. The Morgan fingerprint density at radius 2 is 2.05 bits per heavy atom. The molecule has 0 bridgehead atoms. The van der Waals surface area contributed by atoms with Crippen molar-refractivity contribution in [3.05, 3.63) is 17.8 Å². The Kier molecular flexibility index (Phi) is 4.68. The molecule has 1 heterocycles. The maximum absolute atomic E-state index is 12.3. The SMILES string of the molecule is CCC(C)N(CC(=O)O)c1ccc(C(F)(F)F)nn1. The molecule has 0 aliphatic rings. The molecular weight excluding hydrogens is 263 g/mol. The van der Waals surface area contributed by atoms with Crippen LogP contribution in [-0.2, 0) is 11.0 Å². The van der Waals surface area contributed by atoms with Gasteiger partial charge < -0.3 is 10.0 Å². The molecule has 106 valence electrons. The summed E-state index contributed by atoms with van der Waals surface area (Å²) < 4.78 is 37.0. The predicted octanol–water partition coefficient (Wildman–Crippen LogP) is 2.18. The average Bonchev–Trinajstić information content (AvgIpc) is 2.34. The van der Waals surface area contributed by atoms with Gasteiger partial charge in [-0.1, -0.05) is 6.92 Å². The quantitative estimate of drug-likeness (QED) is 0.893. The topological polar surface area (TPSA) is 66.3 Å². The largest absolute Gasteiger partial charge is 0.480 e. The van der Waals surface area contributed by atoms with Gasteiger partial charge in [0.2, 0.25) is 0 Å². The number of hydrogen-bond donors (Lipinski definition) is 1. The lowest BCUT2D eigenvalue weighted by molar-refractivity contribution is -0.141. The number of rotatable bonds is 5. The molecule has 1 N–H and O–H groups in total. The standard InChI is InChI=1S/C11H14F3N3O2/c1-3-7(2)17(6-10(18)19)9-5-4-8(15-16-9)11(12,13)14/h4-5,7H,3,6H2,1-2H3,(H,18,19). The van der Waals surface area contributed by atoms with Gasteiger partial charge in [0.1, 0.15) is 6.54 Å². The maximum Gasteiger partial charge on any atom is 0.435 e. The van der Waals surface area contributed by atoms with Crippen LogP contribution in [0, 0.1) is 0 Å². The van der Waals surface area contributed by atoms with Crippen molar-refractivity contribution in [1.29, 1.82) is 0 Å². The number of aliphatic carboxylic acids is 1. The summed E-state index contributed by atoms with van der Waals surface area (Å²) in [6.45, 7) is 3.27. The first-order chi connectivity index (χ1) is 8.75. The highest BCUT2D eigenvalue weighted by Crippen LogP contribution is 2.27. The van der Waals surface area contributed by atoms with Crippen LogP contribution in [-0.4, -0.2) is 33.9 Å². The summed E-state index contributed by atoms with van der Waals surface area (Å²) in [4.78, 5) is 12.2. The van der Waals surface area contributed by atoms with Gasteiger partial charge in [0.15, 0.2) is 11.5 Å². The summed E-state index contributed by atoms with van der Waals surface area (Å²) in [5, 5.41) is 15.3. The van der Waals surface area contributed by atoms with Crippen LogP contribution in [0.2, 0.25) is 0 Å². The summed E-state index contributed by atoms with van der Waals surface area (Å²) in [5.41, 5.74) is -1.10. The number of hydrogen-bond acceptors (Lipinski definition) is 4. The molecule has 0 amide bonds. The molecule has 1 aromatic rings. The highest BCUT2D eigenvalue weighted by atomic mass is 19.4. The molecule has 1 atom stereocenters. The predicted molar refractivity (Wildman–Crippen MR) is 61.8 cm³/mol. The first-order valence-electron chi connectivity index (χ1n) is 5.65. The van der Waals surface area contributed by atoms with Gasteiger partial charge in [0, 0.05) is 6.04 Å². The molecule has 1 rings (SSSR count). The van der Waals surface area contributed by atoms with E-state index >= 15 is 0 Å². The molecule has 0 saturated carbocycles. The lowest BCUT2D eigenvalue weighted by atomic mass is 10.2. The molecule has 0 aromatic carbocycles. The zero-order chi connectivity index (χ0) is 14.6. The Bertz CT molecular complexity index is 434. The van der Waals surface area contributed by atoms with Gasteiger partial charge in [0.05, 0.1) is 0 Å². The van der Waals surface area contributed by atoms with Gasteiger partial charge in [0.25, 0.3) is 0 Å². The van der Waals surface area contributed by atoms with Crippen molar-refractivity contribution < 1.29 is 23.1 Å². The van der Waals surface area contributed by atoms with Gasteiger partial charge in [-0.15, -0.1) is 10.2 Å². The van der Waals surface area contributed by atoms with Crippen molar-refractivity contribution in [2.45, 2.75) is 32.5 Å². The molecule has 1 unspecified atom stereocenters. The number of carboxylic acids is 1. The van der Waals surface area contributed by atoms with E-state index in [1.165, 1.54) is 4.90 Å². The highest BCUT2D eigenvalue weighted by molar-refractivity contribution is 5.73. The second-order valence-corrected chi connectivity index (χ2v) is 4.05. The first-order valence-corrected chi connectivity index (χ1v) is 5.65. The third kappa shape index (κ3) is 4.08. The lowest BCUT2D eigenvalue weighted by Gasteiger charge is -2.27. The van der Waals surface area contributed by atoms with Crippen LogP contribution in [0.25, 0.3) is 0 Å². The van der Waals surface area contributed by atoms with Gasteiger partial charge in [-0.05, 0) is 25.5 Å². The van der Waals surface area contributed by atoms with Crippen molar-refractivity contribution in [3.63, 3.8) is 0 Å². The Labute approximate surface area is 108 Å². The molecule has 0 aliphatic heterocycles. The number of carbonyl (C=O) groups is 1. The molecule has 19 heavy (non-hydrogen) atoms. The van der Waals surface area contributed by atoms with E-state index in [2.05, 4.69) is 10.2 Å². The Morgan fingerprint density at radius 1 is 1.42 bits per heavy atom. The monoisotopic (exact) mass is 277 g/mol. The zero-order valence-electron chi connectivity index (χ0n) is 10.5. The molecule has 0 radical (unpaired) electrons. The van der Waals surface area contributed by atoms with Crippen molar-refractivity contribution in [2.24, 2.45) is 0 Å². The smallest absolute Gasteiger partial charge is 0.435 e.